The maximum absolute atomic E-state index is 14.6. The van der Waals surface area contributed by atoms with Crippen LogP contribution in [0.25, 0.3) is 22.3 Å². The number of halogens is 1. The van der Waals surface area contributed by atoms with Crippen LogP contribution in [-0.4, -0.2) is 20.6 Å². The summed E-state index contributed by atoms with van der Waals surface area (Å²) in [5, 5.41) is 11.1. The molecule has 1 atom stereocenters. The number of carbonyl (C=O) groups is 1. The molecule has 3 aromatic rings. The molecule has 0 spiro atoms. The first-order valence-electron chi connectivity index (χ1n) is 10.8. The zero-order chi connectivity index (χ0) is 23.3. The fourth-order valence-electron chi connectivity index (χ4n) is 4.70. The van der Waals surface area contributed by atoms with Crippen molar-refractivity contribution >= 4 is 16.9 Å². The molecule has 2 aliphatic heterocycles. The standard InChI is InChI=1S/C22H20FN3O4.C2H6/c1-3-10-9(2)15(23)5-16-18(10)12(6-24)13-7-26-17(19(13)25-16)4-11-14(21(26)28)8-30-22(29)20(11)27;1-2/h4-5,20,27H,3,6-8,24H2,1-2H3;1-2H3. The molecule has 7 nitrogen and oxygen atoms in total. The van der Waals surface area contributed by atoms with Crippen molar-refractivity contribution in [2.24, 2.45) is 5.73 Å². The van der Waals surface area contributed by atoms with E-state index in [1.165, 1.54) is 6.07 Å². The third-order valence-electron chi connectivity index (χ3n) is 6.24. The lowest BCUT2D eigenvalue weighted by Crippen LogP contribution is -2.32. The van der Waals surface area contributed by atoms with Crippen molar-refractivity contribution in [1.29, 1.82) is 0 Å². The van der Waals surface area contributed by atoms with Gasteiger partial charge in [-0.05, 0) is 36.1 Å². The number of ether oxygens (including phenoxy) is 1. The molecular formula is C24H26FN3O4. The predicted octanol–water partition coefficient (Wildman–Crippen LogP) is 3.01. The van der Waals surface area contributed by atoms with Gasteiger partial charge in [0.2, 0.25) is 0 Å². The van der Waals surface area contributed by atoms with Gasteiger partial charge in [0.1, 0.15) is 12.4 Å². The summed E-state index contributed by atoms with van der Waals surface area (Å²) in [6.07, 6.45) is -0.891. The van der Waals surface area contributed by atoms with E-state index in [9.17, 15) is 19.1 Å². The molecule has 1 unspecified atom stereocenters. The number of nitrogens with two attached hydrogens (primary N) is 1. The topological polar surface area (TPSA) is 107 Å². The van der Waals surface area contributed by atoms with Crippen molar-refractivity contribution in [3.63, 3.8) is 0 Å². The van der Waals surface area contributed by atoms with Crippen molar-refractivity contribution in [3.8, 4) is 11.4 Å². The molecule has 0 saturated heterocycles. The quantitative estimate of drug-likeness (QED) is 0.465. The number of aromatic nitrogens is 2. The summed E-state index contributed by atoms with van der Waals surface area (Å²) < 4.78 is 21.0. The molecule has 0 amide bonds. The predicted molar refractivity (Wildman–Crippen MR) is 119 cm³/mol. The molecule has 3 N–H and O–H groups in total. The highest BCUT2D eigenvalue weighted by atomic mass is 19.1. The molecule has 32 heavy (non-hydrogen) atoms. The largest absolute Gasteiger partial charge is 0.458 e. The van der Waals surface area contributed by atoms with Crippen molar-refractivity contribution in [3.05, 3.63) is 61.7 Å². The fraction of sp³-hybridized carbons (Fsp3) is 0.375. The minimum atomic E-state index is -1.52. The van der Waals surface area contributed by atoms with Crippen LogP contribution in [0.1, 0.15) is 60.3 Å². The molecule has 2 aliphatic rings. The molecule has 0 saturated carbocycles. The first-order chi connectivity index (χ1) is 15.4. The Morgan fingerprint density at radius 2 is 1.97 bits per heavy atom. The Balaban J connectivity index is 0.00000119. The average molecular weight is 439 g/mol. The van der Waals surface area contributed by atoms with E-state index < -0.39 is 12.1 Å². The lowest BCUT2D eigenvalue weighted by molar-refractivity contribution is -0.157. The Morgan fingerprint density at radius 1 is 1.25 bits per heavy atom. The number of pyridine rings is 2. The van der Waals surface area contributed by atoms with Gasteiger partial charge in [0.15, 0.2) is 6.10 Å². The van der Waals surface area contributed by atoms with Crippen molar-refractivity contribution in [2.75, 3.05) is 0 Å². The van der Waals surface area contributed by atoms with Gasteiger partial charge < -0.3 is 20.1 Å². The number of aliphatic hydroxyl groups is 1. The molecule has 8 heteroatoms. The lowest BCUT2D eigenvalue weighted by atomic mass is 9.92. The number of cyclic esters (lactones) is 1. The van der Waals surface area contributed by atoms with Gasteiger partial charge in [-0.3, -0.25) is 4.79 Å². The monoisotopic (exact) mass is 439 g/mol. The number of rotatable bonds is 2. The molecule has 1 aromatic carbocycles. The summed E-state index contributed by atoms with van der Waals surface area (Å²) in [5.41, 5.74) is 10.8. The summed E-state index contributed by atoms with van der Waals surface area (Å²) in [6, 6.07) is 3.01. The zero-order valence-electron chi connectivity index (χ0n) is 18.6. The first kappa shape index (κ1) is 22.1. The van der Waals surface area contributed by atoms with E-state index in [1.54, 1.807) is 17.6 Å². The minimum Gasteiger partial charge on any atom is -0.458 e. The van der Waals surface area contributed by atoms with Gasteiger partial charge in [-0.25, -0.2) is 14.2 Å². The minimum absolute atomic E-state index is 0.176. The smallest absolute Gasteiger partial charge is 0.340 e. The number of fused-ring (bicyclic) bond motifs is 5. The van der Waals surface area contributed by atoms with Gasteiger partial charge in [0.05, 0.1) is 29.0 Å². The Labute approximate surface area is 184 Å². The Hall–Kier alpha value is -3.10. The van der Waals surface area contributed by atoms with Crippen LogP contribution in [0.3, 0.4) is 0 Å². The van der Waals surface area contributed by atoms with E-state index >= 15 is 0 Å². The number of nitrogens with zero attached hydrogens (tertiary/aromatic N) is 2. The third kappa shape index (κ3) is 2.97. The molecular weight excluding hydrogens is 413 g/mol. The van der Waals surface area contributed by atoms with E-state index in [0.717, 1.165) is 22.1 Å². The highest BCUT2D eigenvalue weighted by molar-refractivity contribution is 5.92. The van der Waals surface area contributed by atoms with Gasteiger partial charge in [-0.15, -0.1) is 0 Å². The first-order valence-corrected chi connectivity index (χ1v) is 10.8. The SMILES string of the molecule is CC.CCc1c(C)c(F)cc2nc3c(c(CN)c12)Cn1c-3cc2c(c1=O)COC(=O)C2O. The highest BCUT2D eigenvalue weighted by Crippen LogP contribution is 2.39. The molecule has 5 rings (SSSR count). The molecule has 2 aromatic heterocycles. The van der Waals surface area contributed by atoms with E-state index in [4.69, 9.17) is 15.5 Å². The highest BCUT2D eigenvalue weighted by Gasteiger charge is 2.34. The van der Waals surface area contributed by atoms with Crippen molar-refractivity contribution < 1.29 is 19.0 Å². The van der Waals surface area contributed by atoms with Gasteiger partial charge in [0.25, 0.3) is 5.56 Å². The number of carbonyl (C=O) groups excluding carboxylic acids is 1. The summed E-state index contributed by atoms with van der Waals surface area (Å²) in [5.74, 6) is -1.13. The van der Waals surface area contributed by atoms with Crippen LogP contribution in [0.15, 0.2) is 16.9 Å². The summed E-state index contributed by atoms with van der Waals surface area (Å²) >= 11 is 0. The molecule has 0 fully saturated rings. The number of hydrogen-bond acceptors (Lipinski definition) is 6. The zero-order valence-corrected chi connectivity index (χ0v) is 18.6. The Morgan fingerprint density at radius 3 is 2.62 bits per heavy atom. The van der Waals surface area contributed by atoms with E-state index in [1.807, 2.05) is 20.8 Å². The second-order valence-electron chi connectivity index (χ2n) is 7.70. The van der Waals surface area contributed by atoms with Gasteiger partial charge in [-0.2, -0.15) is 0 Å². The van der Waals surface area contributed by atoms with Gasteiger partial charge in [-0.1, -0.05) is 20.8 Å². The van der Waals surface area contributed by atoms with Crippen LogP contribution in [0, 0.1) is 12.7 Å². The third-order valence-corrected chi connectivity index (χ3v) is 6.24. The van der Waals surface area contributed by atoms with Gasteiger partial charge >= 0.3 is 5.97 Å². The second kappa shape index (κ2) is 8.11. The van der Waals surface area contributed by atoms with E-state index in [-0.39, 0.29) is 42.2 Å². The van der Waals surface area contributed by atoms with Crippen molar-refractivity contribution in [2.45, 2.75) is 59.9 Å². The number of aryl methyl sites for hydroxylation is 1. The summed E-state index contributed by atoms with van der Waals surface area (Å²) in [6.45, 7) is 8.01. The van der Waals surface area contributed by atoms with Crippen LogP contribution in [0.5, 0.6) is 0 Å². The summed E-state index contributed by atoms with van der Waals surface area (Å²) in [7, 11) is 0. The maximum atomic E-state index is 14.6. The van der Waals surface area contributed by atoms with Crippen LogP contribution in [0.2, 0.25) is 0 Å². The van der Waals surface area contributed by atoms with E-state index in [2.05, 4.69) is 0 Å². The number of hydrogen-bond donors (Lipinski definition) is 2. The van der Waals surface area contributed by atoms with Crippen LogP contribution in [-0.2, 0) is 35.6 Å². The maximum Gasteiger partial charge on any atom is 0.340 e. The molecule has 0 bridgehead atoms. The second-order valence-corrected chi connectivity index (χ2v) is 7.70. The normalized spacial score (nSPS) is 16.1. The molecule has 0 radical (unpaired) electrons. The number of esters is 1. The van der Waals surface area contributed by atoms with Gasteiger partial charge in [0, 0.05) is 29.1 Å². The van der Waals surface area contributed by atoms with Crippen LogP contribution >= 0.6 is 0 Å². The Kier molecular flexibility index (Phi) is 5.60. The molecule has 0 aliphatic carbocycles. The van der Waals surface area contributed by atoms with Crippen LogP contribution in [0.4, 0.5) is 4.39 Å². The average Bonchev–Trinajstić information content (AvgIpc) is 3.16. The number of aliphatic hydroxyl groups excluding tert-OH is 1. The molecule has 4 heterocycles. The van der Waals surface area contributed by atoms with E-state index in [0.29, 0.717) is 28.9 Å². The number of benzene rings is 1. The lowest BCUT2D eigenvalue weighted by Gasteiger charge is -2.21. The fourth-order valence-corrected chi connectivity index (χ4v) is 4.70. The van der Waals surface area contributed by atoms with Crippen LogP contribution < -0.4 is 11.3 Å². The van der Waals surface area contributed by atoms with Crippen molar-refractivity contribution in [1.82, 2.24) is 9.55 Å². The summed E-state index contributed by atoms with van der Waals surface area (Å²) in [4.78, 5) is 29.6. The Bertz CT molecular complexity index is 1330. The molecule has 168 valence electrons.